The molecular weight excluding hydrogens is 324 g/mol. The molecule has 104 valence electrons. The first-order valence-electron chi connectivity index (χ1n) is 6.32. The average molecular weight is 338 g/mol. The lowest BCUT2D eigenvalue weighted by Gasteiger charge is -2.22. The van der Waals surface area contributed by atoms with Gasteiger partial charge in [-0.05, 0) is 17.5 Å². The quantitative estimate of drug-likeness (QED) is 0.841. The van der Waals surface area contributed by atoms with Crippen LogP contribution in [0.15, 0.2) is 33.4 Å². The van der Waals surface area contributed by atoms with Crippen molar-refractivity contribution in [3.8, 4) is 0 Å². The third-order valence-electron chi connectivity index (χ3n) is 3.24. The van der Waals surface area contributed by atoms with E-state index in [0.29, 0.717) is 10.5 Å². The first-order chi connectivity index (χ1) is 9.65. The van der Waals surface area contributed by atoms with Crippen molar-refractivity contribution in [2.45, 2.75) is 19.9 Å². The van der Waals surface area contributed by atoms with Gasteiger partial charge >= 0.3 is 10.5 Å². The molecule has 0 fully saturated rings. The van der Waals surface area contributed by atoms with Gasteiger partial charge in [-0.3, -0.25) is 14.6 Å². The van der Waals surface area contributed by atoms with Crippen molar-refractivity contribution in [2.75, 3.05) is 16.9 Å². The molecule has 1 amide bonds. The van der Waals surface area contributed by atoms with Crippen molar-refractivity contribution in [2.24, 2.45) is 0 Å². The first kappa shape index (κ1) is 13.1. The molecule has 1 aromatic heterocycles. The van der Waals surface area contributed by atoms with E-state index in [9.17, 15) is 4.79 Å². The van der Waals surface area contributed by atoms with Crippen LogP contribution in [-0.2, 0) is 17.8 Å². The number of aromatic nitrogens is 2. The Labute approximate surface area is 124 Å². The minimum absolute atomic E-state index is 0.196. The van der Waals surface area contributed by atoms with Crippen LogP contribution in [0.4, 0.5) is 5.88 Å². The molecule has 1 aromatic carbocycles. The molecule has 0 aliphatic carbocycles. The van der Waals surface area contributed by atoms with Crippen molar-refractivity contribution in [1.29, 1.82) is 0 Å². The highest BCUT2D eigenvalue weighted by Gasteiger charge is 2.31. The number of benzene rings is 1. The lowest BCUT2D eigenvalue weighted by Crippen LogP contribution is -2.61. The van der Waals surface area contributed by atoms with E-state index in [-0.39, 0.29) is 5.91 Å². The summed E-state index contributed by atoms with van der Waals surface area (Å²) in [5, 5.41) is 8.62. The van der Waals surface area contributed by atoms with Crippen molar-refractivity contribution in [3.63, 3.8) is 0 Å². The molecule has 0 atom stereocenters. The van der Waals surface area contributed by atoms with Crippen LogP contribution in [0.25, 0.3) is 0 Å². The first-order valence-corrected chi connectivity index (χ1v) is 7.11. The summed E-state index contributed by atoms with van der Waals surface area (Å²) < 4.78 is 5.74. The standard InChI is InChI=1S/C13H13BrN4O2/c1-9(19)15-13-12(14)18(16-20-13)17-7-6-10-4-2-3-5-11(10)8-17/h2-5H,6-8H2,1H3/p+1. The Balaban J connectivity index is 1.85. The van der Waals surface area contributed by atoms with Gasteiger partial charge < -0.3 is 0 Å². The van der Waals surface area contributed by atoms with Crippen LogP contribution in [0, 0.1) is 0 Å². The summed E-state index contributed by atoms with van der Waals surface area (Å²) in [6.07, 6.45) is 0.956. The van der Waals surface area contributed by atoms with Crippen molar-refractivity contribution in [3.05, 3.63) is 40.0 Å². The highest BCUT2D eigenvalue weighted by atomic mass is 79.9. The number of nitrogens with one attached hydrogen (secondary N) is 1. The molecule has 1 aliphatic rings. The molecule has 0 saturated carbocycles. The maximum absolute atomic E-state index is 11.1. The molecule has 0 spiro atoms. The van der Waals surface area contributed by atoms with E-state index in [0.717, 1.165) is 19.5 Å². The lowest BCUT2D eigenvalue weighted by molar-refractivity contribution is -0.769. The number of anilines is 1. The maximum atomic E-state index is 11.1. The van der Waals surface area contributed by atoms with Gasteiger partial charge in [-0.25, -0.2) is 0 Å². The molecule has 0 bridgehead atoms. The average Bonchev–Trinajstić information content (AvgIpc) is 2.79. The van der Waals surface area contributed by atoms with Crippen LogP contribution in [0.5, 0.6) is 0 Å². The minimum atomic E-state index is -0.196. The number of carbonyl (C=O) groups is 1. The summed E-state index contributed by atoms with van der Waals surface area (Å²) in [7, 11) is 0. The number of hydrogen-bond donors (Lipinski definition) is 1. The molecule has 20 heavy (non-hydrogen) atoms. The molecule has 3 rings (SSSR count). The molecule has 1 aliphatic heterocycles. The van der Waals surface area contributed by atoms with Crippen molar-refractivity contribution >= 4 is 27.7 Å². The Morgan fingerprint density at radius 3 is 2.95 bits per heavy atom. The monoisotopic (exact) mass is 337 g/mol. The number of nitrogens with zero attached hydrogens (tertiary/aromatic N) is 3. The lowest BCUT2D eigenvalue weighted by atomic mass is 10.0. The van der Waals surface area contributed by atoms with Gasteiger partial charge in [0.1, 0.15) is 6.54 Å². The Morgan fingerprint density at radius 2 is 2.20 bits per heavy atom. The van der Waals surface area contributed by atoms with E-state index in [1.165, 1.54) is 18.1 Å². The number of halogens is 1. The van der Waals surface area contributed by atoms with Gasteiger partial charge in [0.15, 0.2) is 0 Å². The van der Waals surface area contributed by atoms with Gasteiger partial charge in [-0.1, -0.05) is 24.3 Å². The Hall–Kier alpha value is -1.89. The Bertz CT molecular complexity index is 656. The number of fused-ring (bicyclic) bond motifs is 1. The van der Waals surface area contributed by atoms with E-state index in [1.807, 2.05) is 6.07 Å². The topological polar surface area (TPSA) is 62.3 Å². The van der Waals surface area contributed by atoms with Crippen LogP contribution in [0.3, 0.4) is 0 Å². The van der Waals surface area contributed by atoms with Gasteiger partial charge in [0.05, 0.1) is 11.3 Å². The zero-order valence-corrected chi connectivity index (χ0v) is 12.6. The van der Waals surface area contributed by atoms with E-state index in [4.69, 9.17) is 4.52 Å². The van der Waals surface area contributed by atoms with Gasteiger partial charge in [0, 0.05) is 22.9 Å². The Morgan fingerprint density at radius 1 is 1.45 bits per heavy atom. The second-order valence-corrected chi connectivity index (χ2v) is 5.42. The molecular formula is C13H14BrN4O2+. The van der Waals surface area contributed by atoms with Crippen LogP contribution >= 0.6 is 15.9 Å². The highest BCUT2D eigenvalue weighted by molar-refractivity contribution is 9.10. The molecule has 0 radical (unpaired) electrons. The molecule has 1 N–H and O–H groups in total. The second-order valence-electron chi connectivity index (χ2n) is 4.67. The second kappa shape index (κ2) is 5.24. The third kappa shape index (κ3) is 2.40. The zero-order chi connectivity index (χ0) is 14.1. The fourth-order valence-corrected chi connectivity index (χ4v) is 2.76. The maximum Gasteiger partial charge on any atom is 0.372 e. The summed E-state index contributed by atoms with van der Waals surface area (Å²) in [5.41, 5.74) is 2.65. The minimum Gasteiger partial charge on any atom is -0.288 e. The van der Waals surface area contributed by atoms with E-state index < -0.39 is 0 Å². The largest absolute Gasteiger partial charge is 0.372 e. The molecule has 2 aromatic rings. The summed E-state index contributed by atoms with van der Waals surface area (Å²) >= 11 is 3.41. The molecule has 0 unspecified atom stereocenters. The third-order valence-corrected chi connectivity index (χ3v) is 3.92. The number of hydrogen-bond acceptors (Lipinski definition) is 4. The van der Waals surface area contributed by atoms with Gasteiger partial charge in [0.2, 0.25) is 11.2 Å². The predicted molar refractivity (Wildman–Crippen MR) is 75.6 cm³/mol. The van der Waals surface area contributed by atoms with Crippen LogP contribution < -0.4 is 15.1 Å². The van der Waals surface area contributed by atoms with E-state index >= 15 is 0 Å². The number of amides is 1. The molecule has 7 heteroatoms. The van der Waals surface area contributed by atoms with Gasteiger partial charge in [0.25, 0.3) is 0 Å². The van der Waals surface area contributed by atoms with Crippen LogP contribution in [0.2, 0.25) is 0 Å². The normalized spacial score (nSPS) is 14.0. The van der Waals surface area contributed by atoms with Crippen LogP contribution in [-0.4, -0.2) is 17.7 Å². The fourth-order valence-electron chi connectivity index (χ4n) is 2.30. The smallest absolute Gasteiger partial charge is 0.288 e. The Kier molecular flexibility index (Phi) is 3.43. The number of carbonyl (C=O) groups excluding carboxylic acids is 1. The SMILES string of the molecule is CC(=O)Nc1on[n+](N2CCc3ccccc3C2)c1Br. The highest BCUT2D eigenvalue weighted by Crippen LogP contribution is 2.20. The fraction of sp³-hybridized carbons (Fsp3) is 0.308. The molecule has 6 nitrogen and oxygen atoms in total. The van der Waals surface area contributed by atoms with Gasteiger partial charge in [-0.15, -0.1) is 5.01 Å². The predicted octanol–water partition coefficient (Wildman–Crippen LogP) is 1.38. The molecule has 0 saturated heterocycles. The molecule has 2 heterocycles. The van der Waals surface area contributed by atoms with Crippen molar-refractivity contribution in [1.82, 2.24) is 5.27 Å². The summed E-state index contributed by atoms with van der Waals surface area (Å²) in [5.74, 6) is 0.120. The summed E-state index contributed by atoms with van der Waals surface area (Å²) in [6.45, 7) is 3.02. The van der Waals surface area contributed by atoms with Crippen molar-refractivity contribution < 1.29 is 14.1 Å². The summed E-state index contributed by atoms with van der Waals surface area (Å²) in [6, 6.07) is 8.36. The zero-order valence-electron chi connectivity index (χ0n) is 11.0. The summed E-state index contributed by atoms with van der Waals surface area (Å²) in [4.78, 5) is 12.7. The van der Waals surface area contributed by atoms with Crippen LogP contribution in [0.1, 0.15) is 18.1 Å². The van der Waals surface area contributed by atoms with E-state index in [1.54, 1.807) is 4.79 Å². The van der Waals surface area contributed by atoms with Gasteiger partial charge in [-0.2, -0.15) is 0 Å². The number of rotatable bonds is 2. The van der Waals surface area contributed by atoms with E-state index in [2.05, 4.69) is 49.7 Å².